The van der Waals surface area contributed by atoms with Crippen LogP contribution in [0.5, 0.6) is 0 Å². The number of rotatable bonds is 5. The minimum absolute atomic E-state index is 0.00893. The third kappa shape index (κ3) is 4.56. The van der Waals surface area contributed by atoms with Crippen molar-refractivity contribution < 1.29 is 23.5 Å². The van der Waals surface area contributed by atoms with Gasteiger partial charge in [-0.25, -0.2) is 8.78 Å². The largest absolute Gasteiger partial charge is 0.411 e. The molecule has 0 radical (unpaired) electrons. The van der Waals surface area contributed by atoms with Gasteiger partial charge in [-0.05, 0) is 0 Å². The van der Waals surface area contributed by atoms with Crippen molar-refractivity contribution in [2.75, 3.05) is 26.3 Å². The van der Waals surface area contributed by atoms with E-state index in [4.69, 9.17) is 5.21 Å². The lowest BCUT2D eigenvalue weighted by atomic mass is 9.97. The van der Waals surface area contributed by atoms with Crippen LogP contribution >= 0.6 is 0 Å². The highest BCUT2D eigenvalue weighted by Gasteiger charge is 2.25. The lowest BCUT2D eigenvalue weighted by molar-refractivity contribution is -0.133. The molecule has 104 valence electrons. The highest BCUT2D eigenvalue weighted by Crippen LogP contribution is 2.14. The molecule has 0 saturated carbocycles. The summed E-state index contributed by atoms with van der Waals surface area (Å²) in [7, 11) is 0. The number of halogens is 2. The van der Waals surface area contributed by atoms with E-state index >= 15 is 0 Å². The first-order valence-electron chi connectivity index (χ1n) is 5.89. The molecule has 0 bridgehead atoms. The topological polar surface area (TPSA) is 62.1 Å². The van der Waals surface area contributed by atoms with Gasteiger partial charge in [-0.3, -0.25) is 4.79 Å². The number of hydrogen-bond donors (Lipinski definition) is 1. The van der Waals surface area contributed by atoms with Gasteiger partial charge in [-0.1, -0.05) is 12.1 Å². The third-order valence-electron chi connectivity index (χ3n) is 2.89. The second-order valence-corrected chi connectivity index (χ2v) is 4.30. The molecule has 1 unspecified atom stereocenters. The maximum Gasteiger partial charge on any atom is 0.261 e. The first kappa shape index (κ1) is 14.8. The van der Waals surface area contributed by atoms with E-state index in [1.807, 2.05) is 6.92 Å². The van der Waals surface area contributed by atoms with E-state index < -0.39 is 13.0 Å². The van der Waals surface area contributed by atoms with Crippen molar-refractivity contribution >= 4 is 11.6 Å². The summed E-state index contributed by atoms with van der Waals surface area (Å²) in [5, 5.41) is 11.9. The van der Waals surface area contributed by atoms with Gasteiger partial charge in [-0.15, -0.1) is 0 Å². The third-order valence-corrected chi connectivity index (χ3v) is 2.89. The number of ether oxygens (including phenoxy) is 1. The minimum Gasteiger partial charge on any atom is -0.411 e. The molecule has 0 spiro atoms. The summed E-state index contributed by atoms with van der Waals surface area (Å²) in [6.45, 7) is 2.24. The number of carbonyl (C=O) groups excluding carboxylic acids is 1. The van der Waals surface area contributed by atoms with Crippen LogP contribution in [0, 0.1) is 5.92 Å². The summed E-state index contributed by atoms with van der Waals surface area (Å²) < 4.78 is 28.2. The fourth-order valence-corrected chi connectivity index (χ4v) is 1.89. The molecule has 1 N–H and O–H groups in total. The zero-order valence-electron chi connectivity index (χ0n) is 10.3. The molecule has 18 heavy (non-hydrogen) atoms. The number of carbonyl (C=O) groups is 1. The predicted molar refractivity (Wildman–Crippen MR) is 61.0 cm³/mol. The lowest BCUT2D eigenvalue weighted by Gasteiger charge is -2.31. The number of oxime groups is 1. The Morgan fingerprint density at radius 1 is 1.67 bits per heavy atom. The molecule has 0 aromatic carbocycles. The van der Waals surface area contributed by atoms with Crippen molar-refractivity contribution in [3.8, 4) is 0 Å². The van der Waals surface area contributed by atoms with Crippen LogP contribution in [0.4, 0.5) is 8.78 Å². The Bertz CT molecular complexity index is 311. The van der Waals surface area contributed by atoms with E-state index in [0.717, 1.165) is 0 Å². The van der Waals surface area contributed by atoms with Gasteiger partial charge in [0.15, 0.2) is 0 Å². The van der Waals surface area contributed by atoms with Gasteiger partial charge < -0.3 is 14.8 Å². The Balaban J connectivity index is 2.27. The van der Waals surface area contributed by atoms with Crippen LogP contribution in [0.1, 0.15) is 19.8 Å². The van der Waals surface area contributed by atoms with Crippen LogP contribution in [0.3, 0.4) is 0 Å². The van der Waals surface area contributed by atoms with Gasteiger partial charge in [0, 0.05) is 25.4 Å². The molecule has 1 saturated heterocycles. The smallest absolute Gasteiger partial charge is 0.261 e. The molecule has 0 aliphatic carbocycles. The summed E-state index contributed by atoms with van der Waals surface area (Å²) in [6.07, 6.45) is -1.86. The Kier molecular flexibility index (Phi) is 5.97. The zero-order valence-corrected chi connectivity index (χ0v) is 10.3. The van der Waals surface area contributed by atoms with Crippen LogP contribution in [-0.4, -0.2) is 54.5 Å². The van der Waals surface area contributed by atoms with Crippen LogP contribution in [0.25, 0.3) is 0 Å². The monoisotopic (exact) mass is 264 g/mol. The standard InChI is InChI=1S/C11H18F2N2O3/c1-8-6-15(4-2-9(8)14-17)11(16)3-5-18-7-10(12)13/h8,10,17H,2-7H2,1H3. The molecular formula is C11H18F2N2O3. The van der Waals surface area contributed by atoms with Crippen molar-refractivity contribution in [3.05, 3.63) is 0 Å². The van der Waals surface area contributed by atoms with E-state index in [1.54, 1.807) is 4.90 Å². The van der Waals surface area contributed by atoms with Gasteiger partial charge in [0.25, 0.3) is 6.43 Å². The highest BCUT2D eigenvalue weighted by molar-refractivity contribution is 5.89. The summed E-state index contributed by atoms with van der Waals surface area (Å²) in [5.74, 6) is -0.0946. The fraction of sp³-hybridized carbons (Fsp3) is 0.818. The predicted octanol–water partition coefficient (Wildman–Crippen LogP) is 1.36. The van der Waals surface area contributed by atoms with Crippen molar-refractivity contribution in [2.45, 2.75) is 26.2 Å². The minimum atomic E-state index is -2.50. The lowest BCUT2D eigenvalue weighted by Crippen LogP contribution is -2.43. The number of alkyl halides is 2. The van der Waals surface area contributed by atoms with Crippen molar-refractivity contribution in [3.63, 3.8) is 0 Å². The average Bonchev–Trinajstić information content (AvgIpc) is 2.34. The molecule has 1 atom stereocenters. The number of likely N-dealkylation sites (tertiary alicyclic amines) is 1. The van der Waals surface area contributed by atoms with Crippen LogP contribution in [-0.2, 0) is 9.53 Å². The van der Waals surface area contributed by atoms with Crippen molar-refractivity contribution in [1.82, 2.24) is 4.90 Å². The molecular weight excluding hydrogens is 246 g/mol. The number of amides is 1. The van der Waals surface area contributed by atoms with E-state index in [-0.39, 0.29) is 24.9 Å². The first-order chi connectivity index (χ1) is 8.54. The Labute approximate surface area is 104 Å². The van der Waals surface area contributed by atoms with Gasteiger partial charge in [-0.2, -0.15) is 0 Å². The Hall–Kier alpha value is -1.24. The van der Waals surface area contributed by atoms with Crippen molar-refractivity contribution in [2.24, 2.45) is 11.1 Å². The van der Waals surface area contributed by atoms with Gasteiger partial charge in [0.05, 0.1) is 18.7 Å². The van der Waals surface area contributed by atoms with E-state index in [2.05, 4.69) is 9.89 Å². The molecule has 1 rings (SSSR count). The van der Waals surface area contributed by atoms with Crippen LogP contribution < -0.4 is 0 Å². The summed E-state index contributed by atoms with van der Waals surface area (Å²) in [5.41, 5.74) is 0.688. The quantitative estimate of drug-likeness (QED) is 0.463. The fourth-order valence-electron chi connectivity index (χ4n) is 1.89. The number of hydrogen-bond acceptors (Lipinski definition) is 4. The normalized spacial score (nSPS) is 22.8. The Morgan fingerprint density at radius 2 is 2.39 bits per heavy atom. The molecule has 0 aromatic heterocycles. The summed E-state index contributed by atoms with van der Waals surface area (Å²) in [4.78, 5) is 13.4. The SMILES string of the molecule is CC1CN(C(=O)CCOCC(F)F)CCC1=NO. The molecule has 7 heteroatoms. The number of nitrogens with zero attached hydrogens (tertiary/aromatic N) is 2. The summed E-state index contributed by atoms with van der Waals surface area (Å²) >= 11 is 0. The van der Waals surface area contributed by atoms with Gasteiger partial charge >= 0.3 is 0 Å². The first-order valence-corrected chi connectivity index (χ1v) is 5.89. The van der Waals surface area contributed by atoms with Crippen molar-refractivity contribution in [1.29, 1.82) is 0 Å². The molecule has 1 fully saturated rings. The van der Waals surface area contributed by atoms with E-state index in [9.17, 15) is 13.6 Å². The van der Waals surface area contributed by atoms with E-state index in [0.29, 0.717) is 25.2 Å². The van der Waals surface area contributed by atoms with Gasteiger partial charge in [0.2, 0.25) is 5.91 Å². The maximum atomic E-state index is 11.8. The number of piperidine rings is 1. The second kappa shape index (κ2) is 7.25. The molecule has 5 nitrogen and oxygen atoms in total. The van der Waals surface area contributed by atoms with Crippen LogP contribution in [0.2, 0.25) is 0 Å². The van der Waals surface area contributed by atoms with Gasteiger partial charge in [0.1, 0.15) is 6.61 Å². The molecule has 1 heterocycles. The zero-order chi connectivity index (χ0) is 13.5. The van der Waals surface area contributed by atoms with Crippen LogP contribution in [0.15, 0.2) is 5.16 Å². The summed E-state index contributed by atoms with van der Waals surface area (Å²) in [6, 6.07) is 0. The average molecular weight is 264 g/mol. The molecule has 0 aromatic rings. The highest BCUT2D eigenvalue weighted by atomic mass is 19.3. The molecule has 1 amide bonds. The molecule has 1 aliphatic heterocycles. The Morgan fingerprint density at radius 3 is 2.94 bits per heavy atom. The maximum absolute atomic E-state index is 11.8. The van der Waals surface area contributed by atoms with E-state index in [1.165, 1.54) is 0 Å². The molecule has 1 aliphatic rings. The second-order valence-electron chi connectivity index (χ2n) is 4.30.